The Kier molecular flexibility index (Phi) is 4.00. The second kappa shape index (κ2) is 4.89. The predicted octanol–water partition coefficient (Wildman–Crippen LogP) is 2.66. The van der Waals surface area contributed by atoms with Gasteiger partial charge in [0.05, 0.1) is 17.3 Å². The van der Waals surface area contributed by atoms with Crippen molar-refractivity contribution in [3.05, 3.63) is 16.2 Å². The molecule has 0 atom stereocenters. The standard InChI is InChI=1S/C11H15BrN2OSi/c1-15-11-8(5-6-16(2,3)4)10(13)9(12)7-14-11/h7H,1-4H3,(H2,13,14). The maximum Gasteiger partial charge on any atom is 0.231 e. The minimum Gasteiger partial charge on any atom is -0.480 e. The molecule has 0 saturated carbocycles. The van der Waals surface area contributed by atoms with Crippen LogP contribution in [-0.2, 0) is 0 Å². The number of hydrogen-bond acceptors (Lipinski definition) is 3. The Hall–Kier alpha value is -0.993. The number of aromatic nitrogens is 1. The molecule has 0 aliphatic heterocycles. The molecule has 1 aromatic rings. The molecule has 0 aromatic carbocycles. The van der Waals surface area contributed by atoms with Crippen LogP contribution in [-0.4, -0.2) is 20.2 Å². The van der Waals surface area contributed by atoms with Crippen LogP contribution in [0, 0.1) is 11.5 Å². The Bertz CT molecular complexity index is 458. The first-order valence-corrected chi connectivity index (χ1v) is 9.15. The van der Waals surface area contributed by atoms with Crippen LogP contribution in [0.5, 0.6) is 5.88 Å². The van der Waals surface area contributed by atoms with Crippen LogP contribution in [0.25, 0.3) is 0 Å². The van der Waals surface area contributed by atoms with Crippen LogP contribution < -0.4 is 10.5 Å². The van der Waals surface area contributed by atoms with E-state index in [1.807, 2.05) is 0 Å². The number of nitrogens with two attached hydrogens (primary N) is 1. The number of halogens is 1. The van der Waals surface area contributed by atoms with Crippen molar-refractivity contribution in [3.63, 3.8) is 0 Å². The van der Waals surface area contributed by atoms with Crippen LogP contribution >= 0.6 is 15.9 Å². The van der Waals surface area contributed by atoms with Crippen molar-refractivity contribution in [2.45, 2.75) is 19.6 Å². The fraction of sp³-hybridized carbons (Fsp3) is 0.364. The smallest absolute Gasteiger partial charge is 0.231 e. The molecule has 0 radical (unpaired) electrons. The van der Waals surface area contributed by atoms with Gasteiger partial charge in [-0.3, -0.25) is 0 Å². The molecule has 2 N–H and O–H groups in total. The average Bonchev–Trinajstić information content (AvgIpc) is 2.19. The molecule has 0 bridgehead atoms. The minimum atomic E-state index is -1.43. The summed E-state index contributed by atoms with van der Waals surface area (Å²) in [5.74, 6) is 3.56. The van der Waals surface area contributed by atoms with Crippen molar-refractivity contribution in [2.75, 3.05) is 12.8 Å². The van der Waals surface area contributed by atoms with Gasteiger partial charge in [0.1, 0.15) is 13.6 Å². The summed E-state index contributed by atoms with van der Waals surface area (Å²) in [6, 6.07) is 0. The summed E-state index contributed by atoms with van der Waals surface area (Å²) in [5.41, 5.74) is 10.4. The van der Waals surface area contributed by atoms with E-state index >= 15 is 0 Å². The van der Waals surface area contributed by atoms with Gasteiger partial charge in [0.2, 0.25) is 5.88 Å². The second-order valence-electron chi connectivity index (χ2n) is 4.40. The summed E-state index contributed by atoms with van der Waals surface area (Å²) in [7, 11) is 0.134. The lowest BCUT2D eigenvalue weighted by atomic mass is 10.2. The zero-order chi connectivity index (χ0) is 12.3. The quantitative estimate of drug-likeness (QED) is 0.640. The highest BCUT2D eigenvalue weighted by Gasteiger charge is 2.12. The van der Waals surface area contributed by atoms with Crippen LogP contribution in [0.4, 0.5) is 5.69 Å². The molecule has 1 heterocycles. The summed E-state index contributed by atoms with van der Waals surface area (Å²) in [6.45, 7) is 6.52. The molecule has 16 heavy (non-hydrogen) atoms. The summed E-state index contributed by atoms with van der Waals surface area (Å²) in [5, 5.41) is 0. The maximum atomic E-state index is 5.93. The molecule has 0 aliphatic rings. The van der Waals surface area contributed by atoms with Gasteiger partial charge >= 0.3 is 0 Å². The van der Waals surface area contributed by atoms with E-state index in [1.165, 1.54) is 0 Å². The number of hydrogen-bond donors (Lipinski definition) is 1. The molecular weight excluding hydrogens is 284 g/mol. The predicted molar refractivity (Wildman–Crippen MR) is 73.1 cm³/mol. The van der Waals surface area contributed by atoms with Gasteiger partial charge in [-0.15, -0.1) is 5.54 Å². The number of nitrogen functional groups attached to an aromatic ring is 1. The third-order valence-corrected chi connectivity index (χ3v) is 3.30. The van der Waals surface area contributed by atoms with E-state index in [4.69, 9.17) is 10.5 Å². The summed E-state index contributed by atoms with van der Waals surface area (Å²) >= 11 is 3.33. The van der Waals surface area contributed by atoms with Crippen molar-refractivity contribution in [3.8, 4) is 17.3 Å². The summed E-state index contributed by atoms with van der Waals surface area (Å²) in [4.78, 5) is 4.12. The maximum absolute atomic E-state index is 5.93. The first-order chi connectivity index (χ1) is 7.35. The fourth-order valence-corrected chi connectivity index (χ4v) is 1.81. The lowest BCUT2D eigenvalue weighted by molar-refractivity contribution is 0.397. The summed E-state index contributed by atoms with van der Waals surface area (Å²) in [6.07, 6.45) is 1.62. The van der Waals surface area contributed by atoms with E-state index in [9.17, 15) is 0 Å². The number of methoxy groups -OCH3 is 1. The molecule has 0 aliphatic carbocycles. The van der Waals surface area contributed by atoms with Crippen molar-refractivity contribution in [1.82, 2.24) is 4.98 Å². The molecule has 5 heteroatoms. The van der Waals surface area contributed by atoms with E-state index in [0.29, 0.717) is 17.1 Å². The molecule has 1 rings (SSSR count). The number of pyridine rings is 1. The van der Waals surface area contributed by atoms with Crippen molar-refractivity contribution >= 4 is 29.7 Å². The van der Waals surface area contributed by atoms with Gasteiger partial charge in [-0.05, 0) is 15.9 Å². The van der Waals surface area contributed by atoms with Gasteiger partial charge in [0, 0.05) is 6.20 Å². The van der Waals surface area contributed by atoms with Crippen LogP contribution in [0.3, 0.4) is 0 Å². The molecule has 1 aromatic heterocycles. The van der Waals surface area contributed by atoms with Crippen LogP contribution in [0.15, 0.2) is 10.7 Å². The molecule has 3 nitrogen and oxygen atoms in total. The van der Waals surface area contributed by atoms with Gasteiger partial charge in [-0.1, -0.05) is 25.6 Å². The average molecular weight is 299 g/mol. The molecule has 0 saturated heterocycles. The van der Waals surface area contributed by atoms with Crippen LogP contribution in [0.2, 0.25) is 19.6 Å². The van der Waals surface area contributed by atoms with Crippen molar-refractivity contribution < 1.29 is 4.74 Å². The fourth-order valence-electron chi connectivity index (χ4n) is 1.01. The Morgan fingerprint density at radius 1 is 1.44 bits per heavy atom. The van der Waals surface area contributed by atoms with Gasteiger partial charge in [-0.2, -0.15) is 0 Å². The third-order valence-electron chi connectivity index (χ3n) is 1.79. The largest absolute Gasteiger partial charge is 0.480 e. The molecule has 0 unspecified atom stereocenters. The van der Waals surface area contributed by atoms with E-state index < -0.39 is 8.07 Å². The zero-order valence-corrected chi connectivity index (χ0v) is 12.5. The van der Waals surface area contributed by atoms with Gasteiger partial charge in [-0.25, -0.2) is 4.98 Å². The molecule has 0 spiro atoms. The highest BCUT2D eigenvalue weighted by atomic mass is 79.9. The van der Waals surface area contributed by atoms with E-state index in [-0.39, 0.29) is 0 Å². The number of rotatable bonds is 1. The topological polar surface area (TPSA) is 48.1 Å². The Morgan fingerprint density at radius 2 is 2.06 bits per heavy atom. The zero-order valence-electron chi connectivity index (χ0n) is 9.89. The van der Waals surface area contributed by atoms with Gasteiger partial charge in [0.25, 0.3) is 0 Å². The SMILES string of the molecule is COc1ncc(Br)c(N)c1C#C[Si](C)(C)C. The van der Waals surface area contributed by atoms with E-state index in [2.05, 4.69) is 52.0 Å². The highest BCUT2D eigenvalue weighted by molar-refractivity contribution is 9.10. The van der Waals surface area contributed by atoms with Gasteiger partial charge < -0.3 is 10.5 Å². The lowest BCUT2D eigenvalue weighted by Crippen LogP contribution is -2.16. The monoisotopic (exact) mass is 298 g/mol. The third kappa shape index (κ3) is 3.25. The number of ether oxygens (including phenoxy) is 1. The molecule has 86 valence electrons. The first kappa shape index (κ1) is 13.1. The van der Waals surface area contributed by atoms with E-state index in [1.54, 1.807) is 13.3 Å². The minimum absolute atomic E-state index is 0.478. The van der Waals surface area contributed by atoms with Gasteiger partial charge in [0.15, 0.2) is 0 Å². The lowest BCUT2D eigenvalue weighted by Gasteiger charge is -2.08. The van der Waals surface area contributed by atoms with E-state index in [0.717, 1.165) is 4.47 Å². The number of anilines is 1. The van der Waals surface area contributed by atoms with Crippen molar-refractivity contribution in [1.29, 1.82) is 0 Å². The van der Waals surface area contributed by atoms with Crippen molar-refractivity contribution in [2.24, 2.45) is 0 Å². The normalized spacial score (nSPS) is 10.6. The van der Waals surface area contributed by atoms with Crippen LogP contribution in [0.1, 0.15) is 5.56 Å². The Labute approximate surface area is 106 Å². The second-order valence-corrected chi connectivity index (χ2v) is 10.0. The number of nitrogens with zero attached hydrogens (tertiary/aromatic N) is 1. The first-order valence-electron chi connectivity index (χ1n) is 4.86. The Morgan fingerprint density at radius 3 is 2.56 bits per heavy atom. The highest BCUT2D eigenvalue weighted by Crippen LogP contribution is 2.28. The Balaban J connectivity index is 3.29. The summed E-state index contributed by atoms with van der Waals surface area (Å²) < 4.78 is 5.89. The molecule has 0 fully saturated rings. The molecule has 0 amide bonds. The molecular formula is C11H15BrN2OSi.